The average Bonchev–Trinajstić information content (AvgIpc) is 2.40. The summed E-state index contributed by atoms with van der Waals surface area (Å²) in [7, 11) is 0. The molecular weight excluding hydrogens is 142 g/mol. The minimum Gasteiger partial charge on any atom is -0.410 e. The van der Waals surface area contributed by atoms with Gasteiger partial charge in [0.25, 0.3) is 0 Å². The number of ether oxygens (including phenoxy) is 1. The number of nitrogens with one attached hydrogen (secondary N) is 1. The van der Waals surface area contributed by atoms with E-state index in [0.29, 0.717) is 12.3 Å². The number of hydrogen-bond donors (Lipinski definition) is 1. The number of esters is 1. The summed E-state index contributed by atoms with van der Waals surface area (Å²) < 4.78 is 4.90. The Morgan fingerprint density at radius 3 is 3.09 bits per heavy atom. The molecule has 0 amide bonds. The highest BCUT2D eigenvalue weighted by Crippen LogP contribution is 2.05. The molecule has 0 aliphatic rings. The smallest absolute Gasteiger partial charge is 0.312 e. The van der Waals surface area contributed by atoms with Crippen molar-refractivity contribution in [2.24, 2.45) is 0 Å². The van der Waals surface area contributed by atoms with Gasteiger partial charge in [-0.1, -0.05) is 6.92 Å². The largest absolute Gasteiger partial charge is 0.410 e. The van der Waals surface area contributed by atoms with Gasteiger partial charge >= 0.3 is 5.97 Å². The summed E-state index contributed by atoms with van der Waals surface area (Å²) in [5.41, 5.74) is 0. The second-order valence-electron chi connectivity index (χ2n) is 2.26. The summed E-state index contributed by atoms with van der Waals surface area (Å²) in [6, 6.07) is 3.50. The maximum atomic E-state index is 10.9. The summed E-state index contributed by atoms with van der Waals surface area (Å²) in [5.74, 6) is 0.332. The Bertz CT molecular complexity index is 216. The molecule has 0 saturated carbocycles. The normalized spacial score (nSPS) is 9.55. The van der Waals surface area contributed by atoms with Crippen molar-refractivity contribution in [3.8, 4) is 5.88 Å². The van der Waals surface area contributed by atoms with Gasteiger partial charge in [-0.25, -0.2) is 0 Å². The molecule has 0 saturated heterocycles. The van der Waals surface area contributed by atoms with Gasteiger partial charge in [0.15, 0.2) is 0 Å². The van der Waals surface area contributed by atoms with Crippen LogP contribution in [0.25, 0.3) is 0 Å². The van der Waals surface area contributed by atoms with Crippen LogP contribution in [0.2, 0.25) is 0 Å². The molecule has 0 spiro atoms. The van der Waals surface area contributed by atoms with Crippen LogP contribution in [0.1, 0.15) is 19.8 Å². The molecule has 0 aromatic carbocycles. The molecule has 0 unspecified atom stereocenters. The number of aromatic amines is 1. The number of rotatable bonds is 3. The van der Waals surface area contributed by atoms with E-state index in [9.17, 15) is 4.79 Å². The summed E-state index contributed by atoms with van der Waals surface area (Å²) in [5, 5.41) is 0. The Morgan fingerprint density at radius 1 is 1.73 bits per heavy atom. The van der Waals surface area contributed by atoms with E-state index < -0.39 is 0 Å². The van der Waals surface area contributed by atoms with Crippen LogP contribution in [-0.4, -0.2) is 11.0 Å². The Morgan fingerprint density at radius 2 is 2.55 bits per heavy atom. The van der Waals surface area contributed by atoms with Crippen LogP contribution in [0.3, 0.4) is 0 Å². The van der Waals surface area contributed by atoms with E-state index in [1.54, 1.807) is 18.3 Å². The van der Waals surface area contributed by atoms with E-state index in [4.69, 9.17) is 4.74 Å². The highest BCUT2D eigenvalue weighted by Gasteiger charge is 2.01. The van der Waals surface area contributed by atoms with Crippen molar-refractivity contribution in [2.75, 3.05) is 0 Å². The monoisotopic (exact) mass is 153 g/mol. The first-order valence-corrected chi connectivity index (χ1v) is 3.67. The lowest BCUT2D eigenvalue weighted by molar-refractivity contribution is -0.134. The van der Waals surface area contributed by atoms with E-state index in [1.165, 1.54) is 0 Å². The van der Waals surface area contributed by atoms with Crippen LogP contribution in [0.5, 0.6) is 5.88 Å². The molecule has 60 valence electrons. The highest BCUT2D eigenvalue weighted by atomic mass is 16.5. The number of H-pyrrole nitrogens is 1. The lowest BCUT2D eigenvalue weighted by Crippen LogP contribution is -2.06. The van der Waals surface area contributed by atoms with Gasteiger partial charge in [-0.05, 0) is 12.5 Å². The molecule has 0 aliphatic heterocycles. The lowest BCUT2D eigenvalue weighted by atomic mass is 10.3. The quantitative estimate of drug-likeness (QED) is 0.672. The molecule has 1 rings (SSSR count). The average molecular weight is 153 g/mol. The summed E-state index contributed by atoms with van der Waals surface area (Å²) in [4.78, 5) is 13.7. The Labute approximate surface area is 65.4 Å². The van der Waals surface area contributed by atoms with Crippen molar-refractivity contribution in [1.29, 1.82) is 0 Å². The van der Waals surface area contributed by atoms with Crippen LogP contribution in [0.15, 0.2) is 18.3 Å². The van der Waals surface area contributed by atoms with E-state index in [2.05, 4.69) is 4.98 Å². The molecule has 0 aliphatic carbocycles. The van der Waals surface area contributed by atoms with Crippen molar-refractivity contribution < 1.29 is 9.53 Å². The number of carbonyl (C=O) groups excluding carboxylic acids is 1. The second-order valence-corrected chi connectivity index (χ2v) is 2.26. The van der Waals surface area contributed by atoms with Crippen LogP contribution in [-0.2, 0) is 4.79 Å². The van der Waals surface area contributed by atoms with Gasteiger partial charge in [-0.3, -0.25) is 4.79 Å². The van der Waals surface area contributed by atoms with Gasteiger partial charge in [-0.2, -0.15) is 0 Å². The predicted molar refractivity (Wildman–Crippen MR) is 41.3 cm³/mol. The first-order chi connectivity index (χ1) is 5.33. The summed E-state index contributed by atoms with van der Waals surface area (Å²) >= 11 is 0. The first-order valence-electron chi connectivity index (χ1n) is 3.67. The van der Waals surface area contributed by atoms with Crippen LogP contribution in [0, 0.1) is 0 Å². The highest BCUT2D eigenvalue weighted by molar-refractivity contribution is 5.71. The third-order valence-electron chi connectivity index (χ3n) is 1.25. The minimum absolute atomic E-state index is 0.185. The Balaban J connectivity index is 2.37. The van der Waals surface area contributed by atoms with E-state index in [-0.39, 0.29) is 5.97 Å². The molecule has 1 N–H and O–H groups in total. The molecular formula is C8H11NO2. The van der Waals surface area contributed by atoms with Gasteiger partial charge in [0.05, 0.1) is 0 Å². The first kappa shape index (κ1) is 7.85. The lowest BCUT2D eigenvalue weighted by Gasteiger charge is -1.98. The molecule has 3 heteroatoms. The fourth-order valence-electron chi connectivity index (χ4n) is 0.755. The van der Waals surface area contributed by atoms with Gasteiger partial charge in [-0.15, -0.1) is 0 Å². The van der Waals surface area contributed by atoms with E-state index in [1.807, 2.05) is 6.92 Å². The topological polar surface area (TPSA) is 42.1 Å². The zero-order valence-corrected chi connectivity index (χ0v) is 6.46. The Hall–Kier alpha value is -1.25. The Kier molecular flexibility index (Phi) is 2.72. The molecule has 1 heterocycles. The molecule has 1 aromatic rings. The van der Waals surface area contributed by atoms with Crippen LogP contribution < -0.4 is 4.74 Å². The SMILES string of the molecule is CCCC(=O)Oc1ccc[nH]1. The minimum atomic E-state index is -0.185. The van der Waals surface area contributed by atoms with Crippen molar-refractivity contribution in [1.82, 2.24) is 4.98 Å². The number of carbonyl (C=O) groups is 1. The molecule has 3 nitrogen and oxygen atoms in total. The standard InChI is InChI=1S/C8H11NO2/c1-2-4-8(10)11-7-5-3-6-9-7/h3,5-6,9H,2,4H2,1H3. The molecule has 1 aromatic heterocycles. The molecule has 0 radical (unpaired) electrons. The van der Waals surface area contributed by atoms with Crippen molar-refractivity contribution in [3.05, 3.63) is 18.3 Å². The third-order valence-corrected chi connectivity index (χ3v) is 1.25. The predicted octanol–water partition coefficient (Wildman–Crippen LogP) is 1.72. The van der Waals surface area contributed by atoms with Gasteiger partial charge in [0.1, 0.15) is 0 Å². The van der Waals surface area contributed by atoms with E-state index in [0.717, 1.165) is 6.42 Å². The second kappa shape index (κ2) is 3.81. The molecule has 0 atom stereocenters. The molecule has 0 fully saturated rings. The van der Waals surface area contributed by atoms with E-state index >= 15 is 0 Å². The molecule has 11 heavy (non-hydrogen) atoms. The fraction of sp³-hybridized carbons (Fsp3) is 0.375. The van der Waals surface area contributed by atoms with Crippen LogP contribution in [0.4, 0.5) is 0 Å². The maximum Gasteiger partial charge on any atom is 0.312 e. The van der Waals surface area contributed by atoms with Crippen molar-refractivity contribution in [3.63, 3.8) is 0 Å². The number of aromatic nitrogens is 1. The zero-order chi connectivity index (χ0) is 8.10. The molecule has 0 bridgehead atoms. The summed E-state index contributed by atoms with van der Waals surface area (Å²) in [6.07, 6.45) is 3.01. The van der Waals surface area contributed by atoms with Gasteiger partial charge in [0, 0.05) is 18.7 Å². The summed E-state index contributed by atoms with van der Waals surface area (Å²) in [6.45, 7) is 1.94. The fourth-order valence-corrected chi connectivity index (χ4v) is 0.755. The number of hydrogen-bond acceptors (Lipinski definition) is 2. The van der Waals surface area contributed by atoms with Crippen molar-refractivity contribution >= 4 is 5.97 Å². The van der Waals surface area contributed by atoms with Crippen molar-refractivity contribution in [2.45, 2.75) is 19.8 Å². The maximum absolute atomic E-state index is 10.9. The van der Waals surface area contributed by atoms with Gasteiger partial charge in [0.2, 0.25) is 5.88 Å². The van der Waals surface area contributed by atoms with Gasteiger partial charge < -0.3 is 9.72 Å². The zero-order valence-electron chi connectivity index (χ0n) is 6.46. The van der Waals surface area contributed by atoms with Crippen LogP contribution >= 0.6 is 0 Å². The third kappa shape index (κ3) is 2.45.